The van der Waals surface area contributed by atoms with Gasteiger partial charge in [-0.15, -0.1) is 0 Å². The van der Waals surface area contributed by atoms with Gasteiger partial charge in [-0.1, -0.05) is 42.5 Å². The standard InChI is InChI=1S/C21H23N3O2S/c1-17(18-7-9-19(10-8-18)20-11-13-22-14-12-20)23-15-16-27(25,26)24-21-5-3-2-4-6-21/h2-14,17,23-24H,15-16H2,1H3. The van der Waals surface area contributed by atoms with E-state index in [1.165, 1.54) is 0 Å². The van der Waals surface area contributed by atoms with Crippen LogP contribution in [0, 0.1) is 0 Å². The zero-order valence-corrected chi connectivity index (χ0v) is 16.0. The monoisotopic (exact) mass is 381 g/mol. The number of pyridine rings is 1. The lowest BCUT2D eigenvalue weighted by atomic mass is 10.0. The van der Waals surface area contributed by atoms with E-state index in [1.54, 1.807) is 36.7 Å². The molecule has 3 aromatic rings. The maximum Gasteiger partial charge on any atom is 0.233 e. The fourth-order valence-electron chi connectivity index (χ4n) is 2.77. The molecule has 2 aromatic carbocycles. The Morgan fingerprint density at radius 2 is 1.52 bits per heavy atom. The molecule has 3 rings (SSSR count). The van der Waals surface area contributed by atoms with Crippen LogP contribution >= 0.6 is 0 Å². The number of hydrogen-bond donors (Lipinski definition) is 2. The molecule has 0 aliphatic heterocycles. The minimum absolute atomic E-state index is 0.0152. The summed E-state index contributed by atoms with van der Waals surface area (Å²) in [5.74, 6) is 0.0152. The van der Waals surface area contributed by atoms with Crippen molar-refractivity contribution in [2.45, 2.75) is 13.0 Å². The summed E-state index contributed by atoms with van der Waals surface area (Å²) < 4.78 is 26.9. The van der Waals surface area contributed by atoms with E-state index < -0.39 is 10.0 Å². The molecule has 0 spiro atoms. The summed E-state index contributed by atoms with van der Waals surface area (Å²) in [4.78, 5) is 4.03. The van der Waals surface area contributed by atoms with Gasteiger partial charge in [0.25, 0.3) is 0 Å². The van der Waals surface area contributed by atoms with E-state index >= 15 is 0 Å². The average Bonchev–Trinajstić information content (AvgIpc) is 2.69. The summed E-state index contributed by atoms with van der Waals surface area (Å²) in [6.45, 7) is 2.40. The van der Waals surface area contributed by atoms with Crippen molar-refractivity contribution in [3.8, 4) is 11.1 Å². The van der Waals surface area contributed by atoms with Gasteiger partial charge in [-0.2, -0.15) is 0 Å². The fourth-order valence-corrected chi connectivity index (χ4v) is 3.76. The molecule has 0 saturated carbocycles. The Kier molecular flexibility index (Phi) is 6.21. The van der Waals surface area contributed by atoms with E-state index in [2.05, 4.69) is 39.3 Å². The number of rotatable bonds is 8. The molecule has 0 fully saturated rings. The number of sulfonamides is 1. The molecule has 0 saturated heterocycles. The second-order valence-electron chi connectivity index (χ2n) is 6.32. The van der Waals surface area contributed by atoms with Gasteiger partial charge in [0, 0.05) is 30.7 Å². The van der Waals surface area contributed by atoms with Crippen molar-refractivity contribution >= 4 is 15.7 Å². The van der Waals surface area contributed by atoms with E-state index in [-0.39, 0.29) is 11.8 Å². The van der Waals surface area contributed by atoms with Crippen molar-refractivity contribution in [3.05, 3.63) is 84.7 Å². The smallest absolute Gasteiger partial charge is 0.233 e. The first kappa shape index (κ1) is 19.1. The number of benzene rings is 2. The molecule has 0 radical (unpaired) electrons. The first-order valence-electron chi connectivity index (χ1n) is 8.83. The SMILES string of the molecule is CC(NCCS(=O)(=O)Nc1ccccc1)c1ccc(-c2ccncc2)cc1. The lowest BCUT2D eigenvalue weighted by Crippen LogP contribution is -2.28. The number of hydrogen-bond acceptors (Lipinski definition) is 4. The Morgan fingerprint density at radius 3 is 2.19 bits per heavy atom. The summed E-state index contributed by atoms with van der Waals surface area (Å²) in [7, 11) is -3.37. The van der Waals surface area contributed by atoms with Crippen LogP contribution in [-0.4, -0.2) is 25.7 Å². The predicted molar refractivity (Wildman–Crippen MR) is 110 cm³/mol. The van der Waals surface area contributed by atoms with Crippen LogP contribution in [0.2, 0.25) is 0 Å². The quantitative estimate of drug-likeness (QED) is 0.622. The van der Waals surface area contributed by atoms with Crippen molar-refractivity contribution in [3.63, 3.8) is 0 Å². The van der Waals surface area contributed by atoms with Crippen LogP contribution in [0.5, 0.6) is 0 Å². The topological polar surface area (TPSA) is 71.1 Å². The molecule has 1 aromatic heterocycles. The van der Waals surface area contributed by atoms with E-state index in [9.17, 15) is 8.42 Å². The Morgan fingerprint density at radius 1 is 0.889 bits per heavy atom. The number of para-hydroxylation sites is 1. The number of aromatic nitrogens is 1. The molecule has 1 atom stereocenters. The van der Waals surface area contributed by atoms with Gasteiger partial charge in [0.15, 0.2) is 0 Å². The summed E-state index contributed by atoms with van der Waals surface area (Å²) in [5, 5.41) is 3.27. The third-order valence-electron chi connectivity index (χ3n) is 4.29. The summed E-state index contributed by atoms with van der Waals surface area (Å²) in [6.07, 6.45) is 3.55. The van der Waals surface area contributed by atoms with Crippen molar-refractivity contribution in [1.82, 2.24) is 10.3 Å². The molecule has 0 aliphatic carbocycles. The Hall–Kier alpha value is -2.70. The molecule has 140 valence electrons. The van der Waals surface area contributed by atoms with Gasteiger partial charge >= 0.3 is 0 Å². The van der Waals surface area contributed by atoms with E-state index in [0.717, 1.165) is 16.7 Å². The second kappa shape index (κ2) is 8.79. The van der Waals surface area contributed by atoms with Crippen LogP contribution in [-0.2, 0) is 10.0 Å². The van der Waals surface area contributed by atoms with E-state index in [0.29, 0.717) is 12.2 Å². The first-order valence-corrected chi connectivity index (χ1v) is 10.5. The van der Waals surface area contributed by atoms with E-state index in [4.69, 9.17) is 0 Å². The summed E-state index contributed by atoms with van der Waals surface area (Å²) in [6, 6.07) is 21.2. The number of nitrogens with zero attached hydrogens (tertiary/aromatic N) is 1. The molecule has 27 heavy (non-hydrogen) atoms. The van der Waals surface area contributed by atoms with Gasteiger partial charge in [-0.05, 0) is 47.9 Å². The normalized spacial score (nSPS) is 12.5. The van der Waals surface area contributed by atoms with Crippen LogP contribution in [0.15, 0.2) is 79.1 Å². The lowest BCUT2D eigenvalue weighted by molar-refractivity contribution is 0.575. The number of anilines is 1. The highest BCUT2D eigenvalue weighted by molar-refractivity contribution is 7.92. The van der Waals surface area contributed by atoms with E-state index in [1.807, 2.05) is 25.1 Å². The van der Waals surface area contributed by atoms with Gasteiger partial charge in [0.2, 0.25) is 10.0 Å². The highest BCUT2D eigenvalue weighted by atomic mass is 32.2. The minimum Gasteiger partial charge on any atom is -0.309 e. The van der Waals surface area contributed by atoms with Crippen molar-refractivity contribution in [2.75, 3.05) is 17.0 Å². The molecule has 0 aliphatic rings. The highest BCUT2D eigenvalue weighted by Crippen LogP contribution is 2.21. The molecule has 5 nitrogen and oxygen atoms in total. The van der Waals surface area contributed by atoms with Crippen LogP contribution < -0.4 is 10.0 Å². The van der Waals surface area contributed by atoms with Crippen molar-refractivity contribution in [2.24, 2.45) is 0 Å². The predicted octanol–water partition coefficient (Wildman–Crippen LogP) is 3.84. The van der Waals surface area contributed by atoms with Crippen LogP contribution in [0.4, 0.5) is 5.69 Å². The Bertz CT molecular complexity index is 944. The molecule has 1 heterocycles. The van der Waals surface area contributed by atoms with Crippen molar-refractivity contribution in [1.29, 1.82) is 0 Å². The third kappa shape index (κ3) is 5.64. The van der Waals surface area contributed by atoms with Gasteiger partial charge < -0.3 is 5.32 Å². The minimum atomic E-state index is -3.37. The van der Waals surface area contributed by atoms with Crippen molar-refractivity contribution < 1.29 is 8.42 Å². The fraction of sp³-hybridized carbons (Fsp3) is 0.190. The third-order valence-corrected chi connectivity index (χ3v) is 5.58. The second-order valence-corrected chi connectivity index (χ2v) is 8.16. The highest BCUT2D eigenvalue weighted by Gasteiger charge is 2.12. The maximum atomic E-state index is 12.2. The van der Waals surface area contributed by atoms with Gasteiger partial charge in [-0.25, -0.2) is 8.42 Å². The molecule has 0 bridgehead atoms. The van der Waals surface area contributed by atoms with Crippen LogP contribution in [0.25, 0.3) is 11.1 Å². The number of nitrogens with one attached hydrogen (secondary N) is 2. The zero-order chi connectivity index (χ0) is 19.1. The average molecular weight is 382 g/mol. The van der Waals surface area contributed by atoms with Gasteiger partial charge in [-0.3, -0.25) is 9.71 Å². The maximum absolute atomic E-state index is 12.2. The van der Waals surface area contributed by atoms with Gasteiger partial charge in [0.05, 0.1) is 5.75 Å². The zero-order valence-electron chi connectivity index (χ0n) is 15.2. The molecular formula is C21H23N3O2S. The molecular weight excluding hydrogens is 358 g/mol. The Labute approximate surface area is 160 Å². The molecule has 1 unspecified atom stereocenters. The summed E-state index contributed by atoms with van der Waals surface area (Å²) >= 11 is 0. The lowest BCUT2D eigenvalue weighted by Gasteiger charge is -2.15. The Balaban J connectivity index is 1.52. The molecule has 2 N–H and O–H groups in total. The van der Waals surface area contributed by atoms with Crippen LogP contribution in [0.3, 0.4) is 0 Å². The van der Waals surface area contributed by atoms with Crippen LogP contribution in [0.1, 0.15) is 18.5 Å². The molecule has 6 heteroatoms. The largest absolute Gasteiger partial charge is 0.309 e. The molecule has 0 amide bonds. The summed E-state index contributed by atoms with van der Waals surface area (Å²) in [5.41, 5.74) is 3.94. The van der Waals surface area contributed by atoms with Gasteiger partial charge in [0.1, 0.15) is 0 Å². The first-order chi connectivity index (χ1) is 13.0.